The van der Waals surface area contributed by atoms with Crippen LogP contribution in [0.5, 0.6) is 0 Å². The van der Waals surface area contributed by atoms with Crippen molar-refractivity contribution in [2.45, 2.75) is 12.6 Å². The molecule has 0 saturated carbocycles. The van der Waals surface area contributed by atoms with Crippen molar-refractivity contribution in [3.05, 3.63) is 53.2 Å². The number of amides is 1. The largest absolute Gasteiger partial charge is 0.417 e. The Bertz CT molecular complexity index is 970. The maximum atomic E-state index is 12.8. The summed E-state index contributed by atoms with van der Waals surface area (Å²) in [6, 6.07) is 7.81. The molecule has 3 aromatic heterocycles. The van der Waals surface area contributed by atoms with E-state index in [-0.39, 0.29) is 11.6 Å². The molecule has 0 bridgehead atoms. The molecule has 1 fully saturated rings. The summed E-state index contributed by atoms with van der Waals surface area (Å²) in [7, 11) is 0. The second kappa shape index (κ2) is 7.86. The third kappa shape index (κ3) is 4.26. The Labute approximate surface area is 168 Å². The van der Waals surface area contributed by atoms with Crippen LogP contribution in [0.1, 0.15) is 22.5 Å². The first-order chi connectivity index (χ1) is 13.9. The third-order valence-corrected chi connectivity index (χ3v) is 5.56. The second-order valence-electron chi connectivity index (χ2n) is 6.59. The van der Waals surface area contributed by atoms with Gasteiger partial charge in [-0.2, -0.15) is 13.2 Å². The summed E-state index contributed by atoms with van der Waals surface area (Å²) < 4.78 is 43.4. The number of pyridine rings is 1. The van der Waals surface area contributed by atoms with Gasteiger partial charge in [0.05, 0.1) is 10.4 Å². The second-order valence-corrected chi connectivity index (χ2v) is 7.54. The maximum absolute atomic E-state index is 12.8. The topological polar surface area (TPSA) is 62.5 Å². The van der Waals surface area contributed by atoms with E-state index in [1.165, 1.54) is 17.4 Å². The fourth-order valence-corrected chi connectivity index (χ4v) is 3.84. The Balaban J connectivity index is 1.41. The number of nitrogens with zero attached hydrogens (tertiary/aromatic N) is 4. The van der Waals surface area contributed by atoms with Crippen LogP contribution in [0.4, 0.5) is 19.0 Å². The number of halogens is 3. The maximum Gasteiger partial charge on any atom is 0.417 e. The zero-order valence-corrected chi connectivity index (χ0v) is 16.0. The van der Waals surface area contributed by atoms with Crippen LogP contribution in [0.2, 0.25) is 0 Å². The molecule has 4 rings (SSSR count). The van der Waals surface area contributed by atoms with Crippen molar-refractivity contribution in [1.82, 2.24) is 15.0 Å². The van der Waals surface area contributed by atoms with Gasteiger partial charge in [-0.3, -0.25) is 4.79 Å². The summed E-state index contributed by atoms with van der Waals surface area (Å²) in [4.78, 5) is 21.2. The molecule has 1 aliphatic rings. The molecule has 3 aromatic rings. The summed E-state index contributed by atoms with van der Waals surface area (Å²) in [6.07, 6.45) is -2.90. The first-order valence-corrected chi connectivity index (χ1v) is 9.88. The summed E-state index contributed by atoms with van der Waals surface area (Å²) in [5.74, 6) is 0.793. The van der Waals surface area contributed by atoms with Crippen molar-refractivity contribution >= 4 is 23.1 Å². The van der Waals surface area contributed by atoms with Crippen LogP contribution >= 0.6 is 11.3 Å². The van der Waals surface area contributed by atoms with E-state index in [1.807, 2.05) is 22.4 Å². The minimum absolute atomic E-state index is 0.223. The lowest BCUT2D eigenvalue weighted by molar-refractivity contribution is -0.137. The van der Waals surface area contributed by atoms with Crippen molar-refractivity contribution < 1.29 is 22.5 Å². The van der Waals surface area contributed by atoms with Gasteiger partial charge >= 0.3 is 6.18 Å². The van der Waals surface area contributed by atoms with Gasteiger partial charge in [-0.05, 0) is 30.0 Å². The molecular formula is C19H17F3N4O2S. The van der Waals surface area contributed by atoms with Gasteiger partial charge in [-0.15, -0.1) is 11.3 Å². The number of rotatable bonds is 3. The lowest BCUT2D eigenvalue weighted by atomic mass is 10.2. The van der Waals surface area contributed by atoms with Crippen LogP contribution in [-0.2, 0) is 6.18 Å². The fraction of sp³-hybridized carbons (Fsp3) is 0.316. The number of hydrogen-bond acceptors (Lipinski definition) is 6. The highest BCUT2D eigenvalue weighted by atomic mass is 32.1. The van der Waals surface area contributed by atoms with Gasteiger partial charge in [0.25, 0.3) is 5.91 Å². The molecule has 6 nitrogen and oxygen atoms in total. The minimum atomic E-state index is -4.41. The molecule has 0 unspecified atom stereocenters. The Morgan fingerprint density at radius 2 is 2.00 bits per heavy atom. The quantitative estimate of drug-likeness (QED) is 0.634. The molecule has 0 aromatic carbocycles. The van der Waals surface area contributed by atoms with Gasteiger partial charge in [0, 0.05) is 38.4 Å². The Hall–Kier alpha value is -2.88. The van der Waals surface area contributed by atoms with Gasteiger partial charge in [0.2, 0.25) is 0 Å². The van der Waals surface area contributed by atoms with Crippen LogP contribution in [0.3, 0.4) is 0 Å². The number of carbonyl (C=O) groups is 1. The van der Waals surface area contributed by atoms with Crippen molar-refractivity contribution in [3.63, 3.8) is 0 Å². The predicted molar refractivity (Wildman–Crippen MR) is 102 cm³/mol. The highest BCUT2D eigenvalue weighted by Gasteiger charge is 2.31. The number of thiophene rings is 1. The highest BCUT2D eigenvalue weighted by molar-refractivity contribution is 7.13. The van der Waals surface area contributed by atoms with Crippen LogP contribution in [0.15, 0.2) is 46.4 Å². The molecule has 0 atom stereocenters. The number of aromatic nitrogens is 2. The van der Waals surface area contributed by atoms with E-state index >= 15 is 0 Å². The van der Waals surface area contributed by atoms with Gasteiger partial charge in [0.1, 0.15) is 5.82 Å². The first kappa shape index (κ1) is 19.4. The van der Waals surface area contributed by atoms with E-state index in [9.17, 15) is 18.0 Å². The number of alkyl halides is 3. The summed E-state index contributed by atoms with van der Waals surface area (Å²) in [5.41, 5.74) is -0.532. The van der Waals surface area contributed by atoms with Crippen LogP contribution in [-0.4, -0.2) is 47.1 Å². The lowest BCUT2D eigenvalue weighted by Crippen LogP contribution is -2.35. The van der Waals surface area contributed by atoms with Gasteiger partial charge in [0.15, 0.2) is 11.5 Å². The summed E-state index contributed by atoms with van der Waals surface area (Å²) in [5, 5.41) is 5.81. The van der Waals surface area contributed by atoms with Gasteiger partial charge in [-0.1, -0.05) is 11.2 Å². The zero-order valence-electron chi connectivity index (χ0n) is 15.2. The van der Waals surface area contributed by atoms with Crippen LogP contribution in [0.25, 0.3) is 10.6 Å². The van der Waals surface area contributed by atoms with Crippen molar-refractivity contribution in [2.75, 3.05) is 31.1 Å². The Morgan fingerprint density at radius 1 is 1.14 bits per heavy atom. The molecule has 0 radical (unpaired) electrons. The van der Waals surface area contributed by atoms with E-state index in [1.54, 1.807) is 11.0 Å². The zero-order chi connectivity index (χ0) is 20.4. The molecule has 0 spiro atoms. The molecule has 0 aliphatic carbocycles. The fourth-order valence-electron chi connectivity index (χ4n) is 3.16. The SMILES string of the molecule is O=C(c1cc(-c2cccs2)on1)N1CCCN(c2ccc(C(F)(F)F)cn2)CC1. The van der Waals surface area contributed by atoms with Crippen LogP contribution < -0.4 is 4.90 Å². The Morgan fingerprint density at radius 3 is 2.69 bits per heavy atom. The summed E-state index contributed by atoms with van der Waals surface area (Å²) in [6.45, 7) is 2.01. The molecule has 152 valence electrons. The monoisotopic (exact) mass is 422 g/mol. The smallest absolute Gasteiger partial charge is 0.355 e. The van der Waals surface area contributed by atoms with Crippen molar-refractivity contribution in [1.29, 1.82) is 0 Å². The molecule has 1 amide bonds. The molecule has 10 heteroatoms. The van der Waals surface area contributed by atoms with E-state index in [0.717, 1.165) is 17.1 Å². The molecule has 29 heavy (non-hydrogen) atoms. The molecule has 0 N–H and O–H groups in total. The summed E-state index contributed by atoms with van der Waals surface area (Å²) >= 11 is 1.50. The van der Waals surface area contributed by atoms with Crippen molar-refractivity contribution in [3.8, 4) is 10.6 Å². The number of carbonyl (C=O) groups excluding carboxylic acids is 1. The predicted octanol–water partition coefficient (Wildman–Crippen LogP) is 4.17. The third-order valence-electron chi connectivity index (χ3n) is 4.68. The minimum Gasteiger partial charge on any atom is -0.355 e. The van der Waals surface area contributed by atoms with Gasteiger partial charge in [-0.25, -0.2) is 4.98 Å². The molecule has 1 aliphatic heterocycles. The number of hydrogen-bond donors (Lipinski definition) is 0. The highest BCUT2D eigenvalue weighted by Crippen LogP contribution is 2.29. The first-order valence-electron chi connectivity index (χ1n) is 9.00. The molecule has 1 saturated heterocycles. The lowest BCUT2D eigenvalue weighted by Gasteiger charge is -2.22. The average molecular weight is 422 g/mol. The molecule has 4 heterocycles. The van der Waals surface area contributed by atoms with E-state index < -0.39 is 11.7 Å². The molecular weight excluding hydrogens is 405 g/mol. The number of anilines is 1. The van der Waals surface area contributed by atoms with Crippen molar-refractivity contribution in [2.24, 2.45) is 0 Å². The Kier molecular flexibility index (Phi) is 5.27. The normalized spacial score (nSPS) is 15.4. The van der Waals surface area contributed by atoms with E-state index in [4.69, 9.17) is 4.52 Å². The standard InChI is InChI=1S/C19H17F3N4O2S/c20-19(21,22)13-4-5-17(23-12-13)25-6-2-7-26(9-8-25)18(27)14-11-15(28-24-14)16-3-1-10-29-16/h1,3-5,10-12H,2,6-9H2. The van der Waals surface area contributed by atoms with E-state index in [0.29, 0.717) is 44.2 Å². The van der Waals surface area contributed by atoms with Crippen LogP contribution in [0, 0.1) is 0 Å². The van der Waals surface area contributed by atoms with Gasteiger partial charge < -0.3 is 14.3 Å². The average Bonchev–Trinajstić information content (AvgIpc) is 3.34. The van der Waals surface area contributed by atoms with E-state index in [2.05, 4.69) is 10.1 Å².